The summed E-state index contributed by atoms with van der Waals surface area (Å²) in [6, 6.07) is -0.281. The van der Waals surface area contributed by atoms with E-state index in [-0.39, 0.29) is 11.9 Å². The molecule has 3 rings (SSSR count). The highest BCUT2D eigenvalue weighted by atomic mass is 32.1. The number of carbonyl (C=O) groups excluding carboxylic acids is 2. The normalized spacial score (nSPS) is 22.3. The van der Waals surface area contributed by atoms with Crippen LogP contribution in [0.1, 0.15) is 13.8 Å². The SMILES string of the molecule is CC1(C)NC(=O)N(CCN2CCN(c3nccs3)CC2)C1=O. The second-order valence-corrected chi connectivity index (χ2v) is 7.03. The van der Waals surface area contributed by atoms with Crippen LogP contribution in [0.5, 0.6) is 0 Å². The van der Waals surface area contributed by atoms with Gasteiger partial charge in [-0.1, -0.05) is 0 Å². The standard InChI is InChI=1S/C14H21N5O2S/c1-14(2)11(20)19(12(21)16-14)9-6-17-4-7-18(8-5-17)13-15-3-10-22-13/h3,10H,4-9H2,1-2H3,(H,16,21). The monoisotopic (exact) mass is 323 g/mol. The lowest BCUT2D eigenvalue weighted by atomic mass is 10.1. The smallest absolute Gasteiger partial charge is 0.325 e. The van der Waals surface area contributed by atoms with Gasteiger partial charge in [-0.05, 0) is 13.8 Å². The minimum absolute atomic E-state index is 0.140. The van der Waals surface area contributed by atoms with Crippen molar-refractivity contribution in [2.24, 2.45) is 0 Å². The number of thiazole rings is 1. The molecule has 0 aliphatic carbocycles. The Morgan fingerprint density at radius 2 is 1.95 bits per heavy atom. The first-order valence-electron chi connectivity index (χ1n) is 7.48. The van der Waals surface area contributed by atoms with Gasteiger partial charge in [0, 0.05) is 50.8 Å². The van der Waals surface area contributed by atoms with Crippen LogP contribution >= 0.6 is 11.3 Å². The summed E-state index contributed by atoms with van der Waals surface area (Å²) in [5.74, 6) is -0.140. The molecule has 2 fully saturated rings. The average molecular weight is 323 g/mol. The number of amides is 3. The van der Waals surface area contributed by atoms with Crippen LogP contribution in [-0.4, -0.2) is 71.5 Å². The van der Waals surface area contributed by atoms with Gasteiger partial charge in [-0.3, -0.25) is 14.6 Å². The molecule has 0 aromatic carbocycles. The second kappa shape index (κ2) is 5.85. The van der Waals surface area contributed by atoms with Crippen molar-refractivity contribution in [3.63, 3.8) is 0 Å². The molecule has 2 saturated heterocycles. The molecular formula is C14H21N5O2S. The lowest BCUT2D eigenvalue weighted by molar-refractivity contribution is -0.130. The predicted octanol–water partition coefficient (Wildman–Crippen LogP) is 0.596. The van der Waals surface area contributed by atoms with Crippen LogP contribution in [0.15, 0.2) is 11.6 Å². The largest absolute Gasteiger partial charge is 0.346 e. The van der Waals surface area contributed by atoms with Gasteiger partial charge in [0.05, 0.1) is 0 Å². The third-order valence-electron chi connectivity index (χ3n) is 4.15. The molecule has 2 aliphatic rings. The first-order chi connectivity index (χ1) is 10.5. The fourth-order valence-electron chi connectivity index (χ4n) is 2.80. The third-order valence-corrected chi connectivity index (χ3v) is 4.98. The van der Waals surface area contributed by atoms with Crippen molar-refractivity contribution in [2.45, 2.75) is 19.4 Å². The average Bonchev–Trinajstić information content (AvgIpc) is 3.07. The lowest BCUT2D eigenvalue weighted by Crippen LogP contribution is -2.49. The van der Waals surface area contributed by atoms with Crippen LogP contribution < -0.4 is 10.2 Å². The van der Waals surface area contributed by atoms with E-state index in [4.69, 9.17) is 0 Å². The maximum atomic E-state index is 12.1. The summed E-state index contributed by atoms with van der Waals surface area (Å²) in [6.45, 7) is 8.35. The topological polar surface area (TPSA) is 68.8 Å². The fourth-order valence-corrected chi connectivity index (χ4v) is 3.49. The molecule has 22 heavy (non-hydrogen) atoms. The molecule has 0 atom stereocenters. The van der Waals surface area contributed by atoms with E-state index in [1.165, 1.54) is 4.90 Å². The Hall–Kier alpha value is -1.67. The zero-order chi connectivity index (χ0) is 15.7. The Bertz CT molecular complexity index is 552. The predicted molar refractivity (Wildman–Crippen MR) is 85.1 cm³/mol. The van der Waals surface area contributed by atoms with Gasteiger partial charge in [0.15, 0.2) is 5.13 Å². The highest BCUT2D eigenvalue weighted by molar-refractivity contribution is 7.13. The molecule has 3 heterocycles. The van der Waals surface area contributed by atoms with E-state index in [1.54, 1.807) is 25.2 Å². The number of hydrogen-bond donors (Lipinski definition) is 1. The van der Waals surface area contributed by atoms with E-state index in [1.807, 2.05) is 11.6 Å². The molecule has 7 nitrogen and oxygen atoms in total. The summed E-state index contributed by atoms with van der Waals surface area (Å²) >= 11 is 1.66. The van der Waals surface area contributed by atoms with Crippen LogP contribution in [0.2, 0.25) is 0 Å². The van der Waals surface area contributed by atoms with Crippen LogP contribution in [-0.2, 0) is 4.79 Å². The highest BCUT2D eigenvalue weighted by Gasteiger charge is 2.44. The fraction of sp³-hybridized carbons (Fsp3) is 0.643. The first-order valence-corrected chi connectivity index (χ1v) is 8.36. The number of anilines is 1. The molecule has 2 aliphatic heterocycles. The van der Waals surface area contributed by atoms with E-state index in [0.29, 0.717) is 6.54 Å². The molecule has 0 unspecified atom stereocenters. The van der Waals surface area contributed by atoms with Crippen molar-refractivity contribution in [1.82, 2.24) is 20.1 Å². The molecule has 0 spiro atoms. The number of nitrogens with zero attached hydrogens (tertiary/aromatic N) is 4. The van der Waals surface area contributed by atoms with Gasteiger partial charge in [-0.25, -0.2) is 9.78 Å². The summed E-state index contributed by atoms with van der Waals surface area (Å²) in [4.78, 5) is 34.2. The van der Waals surface area contributed by atoms with E-state index in [2.05, 4.69) is 20.1 Å². The molecule has 0 radical (unpaired) electrons. The van der Waals surface area contributed by atoms with Crippen LogP contribution in [0, 0.1) is 0 Å². The second-order valence-electron chi connectivity index (χ2n) is 6.16. The van der Waals surface area contributed by atoms with Crippen molar-refractivity contribution in [3.05, 3.63) is 11.6 Å². The number of imide groups is 1. The van der Waals surface area contributed by atoms with Crippen molar-refractivity contribution in [2.75, 3.05) is 44.2 Å². The Kier molecular flexibility index (Phi) is 4.05. The molecule has 0 saturated carbocycles. The van der Waals surface area contributed by atoms with Gasteiger partial charge in [0.1, 0.15) is 5.54 Å². The number of nitrogens with one attached hydrogen (secondary N) is 1. The maximum absolute atomic E-state index is 12.1. The van der Waals surface area contributed by atoms with E-state index >= 15 is 0 Å². The van der Waals surface area contributed by atoms with Crippen molar-refractivity contribution in [3.8, 4) is 0 Å². The van der Waals surface area contributed by atoms with E-state index in [0.717, 1.165) is 37.9 Å². The number of piperazine rings is 1. The summed E-state index contributed by atoms with van der Waals surface area (Å²) in [6.07, 6.45) is 1.83. The maximum Gasteiger partial charge on any atom is 0.325 e. The van der Waals surface area contributed by atoms with Gasteiger partial charge in [-0.2, -0.15) is 0 Å². The molecular weight excluding hydrogens is 302 g/mol. The molecule has 1 aromatic rings. The molecule has 3 amide bonds. The van der Waals surface area contributed by atoms with E-state index in [9.17, 15) is 9.59 Å². The molecule has 1 N–H and O–H groups in total. The molecule has 0 bridgehead atoms. The van der Waals surface area contributed by atoms with Gasteiger partial charge >= 0.3 is 6.03 Å². The third kappa shape index (κ3) is 2.93. The Balaban J connectivity index is 1.48. The van der Waals surface area contributed by atoms with Crippen molar-refractivity contribution >= 4 is 28.4 Å². The number of carbonyl (C=O) groups is 2. The molecule has 8 heteroatoms. The lowest BCUT2D eigenvalue weighted by Gasteiger charge is -2.35. The quantitative estimate of drug-likeness (QED) is 0.822. The van der Waals surface area contributed by atoms with Crippen molar-refractivity contribution in [1.29, 1.82) is 0 Å². The van der Waals surface area contributed by atoms with Gasteiger partial charge in [0.25, 0.3) is 5.91 Å². The molecule has 1 aromatic heterocycles. The number of urea groups is 1. The number of hydrogen-bond acceptors (Lipinski definition) is 6. The van der Waals surface area contributed by atoms with Crippen LogP contribution in [0.4, 0.5) is 9.93 Å². The number of aromatic nitrogens is 1. The minimum atomic E-state index is -0.777. The summed E-state index contributed by atoms with van der Waals surface area (Å²) in [5.41, 5.74) is -0.777. The Morgan fingerprint density at radius 1 is 1.23 bits per heavy atom. The van der Waals surface area contributed by atoms with Crippen LogP contribution in [0.25, 0.3) is 0 Å². The summed E-state index contributed by atoms with van der Waals surface area (Å²) in [5, 5.41) is 5.76. The zero-order valence-corrected chi connectivity index (χ0v) is 13.7. The summed E-state index contributed by atoms with van der Waals surface area (Å²) in [7, 11) is 0. The van der Waals surface area contributed by atoms with Crippen LogP contribution in [0.3, 0.4) is 0 Å². The van der Waals surface area contributed by atoms with Crippen molar-refractivity contribution < 1.29 is 9.59 Å². The Labute approximate surface area is 133 Å². The molecule has 120 valence electrons. The Morgan fingerprint density at radius 3 is 2.50 bits per heavy atom. The van der Waals surface area contributed by atoms with Gasteiger partial charge < -0.3 is 10.2 Å². The number of rotatable bonds is 4. The van der Waals surface area contributed by atoms with E-state index < -0.39 is 5.54 Å². The summed E-state index contributed by atoms with van der Waals surface area (Å²) < 4.78 is 0. The first kappa shape index (κ1) is 15.2. The highest BCUT2D eigenvalue weighted by Crippen LogP contribution is 2.19. The van der Waals surface area contributed by atoms with Gasteiger partial charge in [-0.15, -0.1) is 11.3 Å². The van der Waals surface area contributed by atoms with Gasteiger partial charge in [0.2, 0.25) is 0 Å². The minimum Gasteiger partial charge on any atom is -0.346 e. The zero-order valence-electron chi connectivity index (χ0n) is 12.9.